The molecule has 1 amide bonds. The number of carbonyl (C=O) groups excluding carboxylic acids is 1. The van der Waals surface area contributed by atoms with Crippen molar-refractivity contribution < 1.29 is 9.18 Å². The largest absolute Gasteiger partial charge is 0.364 e. The average Bonchev–Trinajstić information content (AvgIpc) is 2.78. The van der Waals surface area contributed by atoms with Crippen molar-refractivity contribution in [3.05, 3.63) is 59.1 Å². The number of hydrogen-bond donors (Lipinski definition) is 1. The van der Waals surface area contributed by atoms with Crippen molar-refractivity contribution in [3.63, 3.8) is 0 Å². The van der Waals surface area contributed by atoms with Crippen LogP contribution in [0, 0.1) is 5.82 Å². The molecule has 0 aliphatic heterocycles. The second kappa shape index (κ2) is 4.61. The van der Waals surface area contributed by atoms with E-state index in [2.05, 4.69) is 4.98 Å². The van der Waals surface area contributed by atoms with E-state index in [0.717, 1.165) is 0 Å². The van der Waals surface area contributed by atoms with Gasteiger partial charge in [-0.1, -0.05) is 23.7 Å². The Hall–Kier alpha value is -2.40. The minimum absolute atomic E-state index is 0.153. The summed E-state index contributed by atoms with van der Waals surface area (Å²) in [7, 11) is 0. The smallest absolute Gasteiger partial charge is 0.265 e. The van der Waals surface area contributed by atoms with Crippen LogP contribution < -0.4 is 5.73 Å². The molecule has 0 bridgehead atoms. The number of benzene rings is 1. The summed E-state index contributed by atoms with van der Waals surface area (Å²) >= 11 is 5.87. The number of para-hydroxylation sites is 1. The number of hydrogen-bond acceptors (Lipinski definition) is 2. The predicted octanol–water partition coefficient (Wildman–Crippen LogP) is 2.92. The van der Waals surface area contributed by atoms with E-state index in [1.165, 1.54) is 10.6 Å². The zero-order chi connectivity index (χ0) is 14.3. The number of primary amides is 1. The van der Waals surface area contributed by atoms with Crippen LogP contribution in [0.5, 0.6) is 0 Å². The van der Waals surface area contributed by atoms with Crippen molar-refractivity contribution in [2.75, 3.05) is 0 Å². The lowest BCUT2D eigenvalue weighted by Gasteiger charge is -2.09. The van der Waals surface area contributed by atoms with Crippen LogP contribution in [-0.4, -0.2) is 15.5 Å². The fourth-order valence-corrected chi connectivity index (χ4v) is 2.26. The minimum Gasteiger partial charge on any atom is -0.364 e. The molecule has 3 rings (SSSR count). The number of carbonyl (C=O) groups is 1. The van der Waals surface area contributed by atoms with Gasteiger partial charge in [0.1, 0.15) is 22.3 Å². The molecule has 0 saturated carbocycles. The molecule has 0 fully saturated rings. The molecule has 0 atom stereocenters. The van der Waals surface area contributed by atoms with Crippen molar-refractivity contribution in [2.45, 2.75) is 0 Å². The Balaban J connectivity index is 2.43. The first-order chi connectivity index (χ1) is 9.58. The van der Waals surface area contributed by atoms with E-state index in [1.807, 2.05) is 0 Å². The summed E-state index contributed by atoms with van der Waals surface area (Å²) in [5, 5.41) is 0.913. The predicted molar refractivity (Wildman–Crippen MR) is 74.6 cm³/mol. The molecular formula is C14H9ClFN3O. The lowest BCUT2D eigenvalue weighted by Crippen LogP contribution is -2.16. The average molecular weight is 290 g/mol. The number of fused-ring (bicyclic) bond motifs is 1. The second-order valence-corrected chi connectivity index (χ2v) is 4.61. The Morgan fingerprint density at radius 2 is 2.00 bits per heavy atom. The van der Waals surface area contributed by atoms with E-state index in [4.69, 9.17) is 17.3 Å². The molecule has 0 radical (unpaired) electrons. The first-order valence-electron chi connectivity index (χ1n) is 5.80. The molecular weight excluding hydrogens is 281 g/mol. The molecule has 0 spiro atoms. The van der Waals surface area contributed by atoms with Crippen molar-refractivity contribution in [1.82, 2.24) is 9.55 Å². The van der Waals surface area contributed by atoms with Gasteiger partial charge in [0.15, 0.2) is 0 Å². The van der Waals surface area contributed by atoms with Gasteiger partial charge in [-0.25, -0.2) is 9.37 Å². The Labute approximate surface area is 118 Å². The third-order valence-electron chi connectivity index (χ3n) is 2.96. The summed E-state index contributed by atoms with van der Waals surface area (Å²) in [6, 6.07) is 10.9. The topological polar surface area (TPSA) is 60.9 Å². The third kappa shape index (κ3) is 1.92. The van der Waals surface area contributed by atoms with Crippen molar-refractivity contribution >= 4 is 28.5 Å². The van der Waals surface area contributed by atoms with E-state index in [1.54, 1.807) is 36.4 Å². The summed E-state index contributed by atoms with van der Waals surface area (Å²) < 4.78 is 15.4. The Morgan fingerprint density at radius 3 is 2.70 bits per heavy atom. The number of pyridine rings is 1. The number of halogens is 2. The normalized spacial score (nSPS) is 10.9. The summed E-state index contributed by atoms with van der Waals surface area (Å²) in [6.45, 7) is 0. The molecule has 0 aliphatic rings. The molecule has 3 aromatic rings. The van der Waals surface area contributed by atoms with E-state index < -0.39 is 11.7 Å². The van der Waals surface area contributed by atoms with Gasteiger partial charge in [-0.15, -0.1) is 0 Å². The van der Waals surface area contributed by atoms with Gasteiger partial charge in [-0.2, -0.15) is 0 Å². The van der Waals surface area contributed by atoms with E-state index in [-0.39, 0.29) is 16.5 Å². The molecule has 1 aromatic carbocycles. The van der Waals surface area contributed by atoms with Gasteiger partial charge in [0.2, 0.25) is 0 Å². The Bertz CT molecular complexity index is 828. The number of nitrogens with two attached hydrogens (primary N) is 1. The molecule has 6 heteroatoms. The minimum atomic E-state index is -0.664. The zero-order valence-corrected chi connectivity index (χ0v) is 10.9. The van der Waals surface area contributed by atoms with Crippen LogP contribution in [0.1, 0.15) is 10.5 Å². The molecule has 4 nitrogen and oxygen atoms in total. The van der Waals surface area contributed by atoms with Crippen LogP contribution >= 0.6 is 11.6 Å². The first-order valence-corrected chi connectivity index (χ1v) is 6.18. The van der Waals surface area contributed by atoms with Gasteiger partial charge in [-0.3, -0.25) is 9.36 Å². The van der Waals surface area contributed by atoms with Crippen LogP contribution in [0.15, 0.2) is 42.5 Å². The molecule has 0 unspecified atom stereocenters. The molecule has 0 saturated heterocycles. The quantitative estimate of drug-likeness (QED) is 0.737. The van der Waals surface area contributed by atoms with Gasteiger partial charge < -0.3 is 5.73 Å². The maximum Gasteiger partial charge on any atom is 0.265 e. The third-order valence-corrected chi connectivity index (χ3v) is 3.17. The Kier molecular flexibility index (Phi) is 2.91. The maximum absolute atomic E-state index is 14.0. The molecule has 0 aliphatic carbocycles. The van der Waals surface area contributed by atoms with Gasteiger partial charge in [-0.05, 0) is 30.3 Å². The van der Waals surface area contributed by atoms with Gasteiger partial charge >= 0.3 is 0 Å². The van der Waals surface area contributed by atoms with Crippen LogP contribution in [-0.2, 0) is 0 Å². The van der Waals surface area contributed by atoms with Crippen LogP contribution in [0.3, 0.4) is 0 Å². The fourth-order valence-electron chi connectivity index (χ4n) is 2.11. The fraction of sp³-hybridized carbons (Fsp3) is 0. The highest BCUT2D eigenvalue weighted by Gasteiger charge is 2.18. The lowest BCUT2D eigenvalue weighted by atomic mass is 10.3. The van der Waals surface area contributed by atoms with E-state index in [0.29, 0.717) is 11.0 Å². The van der Waals surface area contributed by atoms with Crippen LogP contribution in [0.2, 0.25) is 5.15 Å². The highest BCUT2D eigenvalue weighted by molar-refractivity contribution is 6.29. The molecule has 100 valence electrons. The van der Waals surface area contributed by atoms with Crippen molar-refractivity contribution in [3.8, 4) is 5.69 Å². The lowest BCUT2D eigenvalue weighted by molar-refractivity contribution is 0.0994. The summed E-state index contributed by atoms with van der Waals surface area (Å²) in [5.74, 6) is -1.14. The standard InChI is InChI=1S/C14H9ClFN3O/c15-12-6-5-8-7-11(13(17)20)19(14(8)18-12)10-4-2-1-3-9(10)16/h1-7H,(H2,17,20). The van der Waals surface area contributed by atoms with E-state index in [9.17, 15) is 9.18 Å². The highest BCUT2D eigenvalue weighted by Crippen LogP contribution is 2.25. The van der Waals surface area contributed by atoms with E-state index >= 15 is 0 Å². The molecule has 2 heterocycles. The maximum atomic E-state index is 14.0. The monoisotopic (exact) mass is 289 g/mol. The highest BCUT2D eigenvalue weighted by atomic mass is 35.5. The SMILES string of the molecule is NC(=O)c1cc2ccc(Cl)nc2n1-c1ccccc1F. The van der Waals surface area contributed by atoms with Crippen LogP contribution in [0.4, 0.5) is 4.39 Å². The summed E-state index contributed by atoms with van der Waals surface area (Å²) in [4.78, 5) is 15.7. The number of amides is 1. The Morgan fingerprint density at radius 1 is 1.25 bits per heavy atom. The second-order valence-electron chi connectivity index (χ2n) is 4.23. The van der Waals surface area contributed by atoms with Gasteiger partial charge in [0.05, 0.1) is 5.69 Å². The molecule has 20 heavy (non-hydrogen) atoms. The number of nitrogens with zero attached hydrogens (tertiary/aromatic N) is 2. The zero-order valence-electron chi connectivity index (χ0n) is 10.2. The van der Waals surface area contributed by atoms with Crippen molar-refractivity contribution in [2.24, 2.45) is 5.73 Å². The number of aromatic nitrogens is 2. The summed E-state index contributed by atoms with van der Waals surface area (Å²) in [6.07, 6.45) is 0. The van der Waals surface area contributed by atoms with Crippen molar-refractivity contribution in [1.29, 1.82) is 0 Å². The molecule has 2 aromatic heterocycles. The van der Waals surface area contributed by atoms with Gasteiger partial charge in [0.25, 0.3) is 5.91 Å². The van der Waals surface area contributed by atoms with Crippen LogP contribution in [0.25, 0.3) is 16.7 Å². The molecule has 2 N–H and O–H groups in total. The first kappa shape index (κ1) is 12.6. The summed E-state index contributed by atoms with van der Waals surface area (Å²) in [5.41, 5.74) is 6.10. The van der Waals surface area contributed by atoms with Gasteiger partial charge in [0, 0.05) is 5.39 Å². The number of rotatable bonds is 2.